The number of amides is 1. The largest absolute Gasteiger partial charge is 0.484 e. The van der Waals surface area contributed by atoms with E-state index in [-0.39, 0.29) is 12.5 Å². The van der Waals surface area contributed by atoms with Crippen molar-refractivity contribution in [1.82, 2.24) is 4.90 Å². The molecular weight excluding hydrogens is 360 g/mol. The van der Waals surface area contributed by atoms with Gasteiger partial charge in [0.25, 0.3) is 5.91 Å². The van der Waals surface area contributed by atoms with Crippen molar-refractivity contribution in [1.29, 1.82) is 0 Å². The highest BCUT2D eigenvalue weighted by Gasteiger charge is 2.22. The topological polar surface area (TPSA) is 32.8 Å². The van der Waals surface area contributed by atoms with Crippen molar-refractivity contribution in [2.45, 2.75) is 6.92 Å². The summed E-state index contributed by atoms with van der Waals surface area (Å²) in [6.45, 7) is 5.36. The van der Waals surface area contributed by atoms with Gasteiger partial charge in [-0.15, -0.1) is 0 Å². The third-order valence-electron chi connectivity index (χ3n) is 5.41. The Morgan fingerprint density at radius 1 is 0.793 bits per heavy atom. The van der Waals surface area contributed by atoms with Gasteiger partial charge in [-0.3, -0.25) is 4.79 Å². The summed E-state index contributed by atoms with van der Waals surface area (Å²) in [7, 11) is 0. The monoisotopic (exact) mass is 386 g/mol. The molecule has 4 heteroatoms. The number of nitrogens with zero attached hydrogens (tertiary/aromatic N) is 2. The van der Waals surface area contributed by atoms with Crippen molar-refractivity contribution in [3.8, 4) is 16.9 Å². The van der Waals surface area contributed by atoms with E-state index in [0.29, 0.717) is 0 Å². The van der Waals surface area contributed by atoms with Gasteiger partial charge >= 0.3 is 0 Å². The zero-order valence-electron chi connectivity index (χ0n) is 16.8. The molecule has 0 aromatic heterocycles. The van der Waals surface area contributed by atoms with Crippen LogP contribution < -0.4 is 9.64 Å². The van der Waals surface area contributed by atoms with E-state index in [2.05, 4.69) is 48.2 Å². The number of rotatable bonds is 5. The first-order valence-electron chi connectivity index (χ1n) is 10.1. The molecule has 29 heavy (non-hydrogen) atoms. The summed E-state index contributed by atoms with van der Waals surface area (Å²) in [4.78, 5) is 16.8. The van der Waals surface area contributed by atoms with E-state index < -0.39 is 0 Å². The average Bonchev–Trinajstić information content (AvgIpc) is 2.79. The van der Waals surface area contributed by atoms with Crippen LogP contribution >= 0.6 is 0 Å². The van der Waals surface area contributed by atoms with Gasteiger partial charge in [-0.2, -0.15) is 0 Å². The molecule has 1 aliphatic heterocycles. The smallest absolute Gasteiger partial charge is 0.260 e. The highest BCUT2D eigenvalue weighted by Crippen LogP contribution is 2.23. The highest BCUT2D eigenvalue weighted by molar-refractivity contribution is 5.78. The Kier molecular flexibility index (Phi) is 5.80. The summed E-state index contributed by atoms with van der Waals surface area (Å²) >= 11 is 0. The molecule has 3 aromatic carbocycles. The van der Waals surface area contributed by atoms with E-state index in [1.165, 1.54) is 16.8 Å². The van der Waals surface area contributed by atoms with Gasteiger partial charge in [-0.05, 0) is 41.8 Å². The standard InChI is InChI=1S/C25H26N2O2/c1-20-7-5-6-10-24(20)26-15-17-27(18-16-26)25(28)19-29-23-13-11-22(12-14-23)21-8-3-2-4-9-21/h2-14H,15-19H2,1H3. The number of anilines is 1. The number of hydrogen-bond acceptors (Lipinski definition) is 3. The molecule has 1 fully saturated rings. The summed E-state index contributed by atoms with van der Waals surface area (Å²) in [6.07, 6.45) is 0. The summed E-state index contributed by atoms with van der Waals surface area (Å²) in [5.41, 5.74) is 4.84. The molecule has 148 valence electrons. The molecule has 1 heterocycles. The van der Waals surface area contributed by atoms with Crippen molar-refractivity contribution in [3.63, 3.8) is 0 Å². The van der Waals surface area contributed by atoms with Crippen molar-refractivity contribution in [2.24, 2.45) is 0 Å². The molecule has 0 atom stereocenters. The Hall–Kier alpha value is -3.27. The van der Waals surface area contributed by atoms with Gasteiger partial charge in [0, 0.05) is 31.9 Å². The molecular formula is C25H26N2O2. The molecule has 0 N–H and O–H groups in total. The molecule has 4 rings (SSSR count). The van der Waals surface area contributed by atoms with Crippen molar-refractivity contribution in [2.75, 3.05) is 37.7 Å². The number of para-hydroxylation sites is 1. The minimum absolute atomic E-state index is 0.0431. The molecule has 4 nitrogen and oxygen atoms in total. The Morgan fingerprint density at radius 2 is 1.41 bits per heavy atom. The van der Waals surface area contributed by atoms with Crippen LogP contribution in [0.1, 0.15) is 5.56 Å². The third-order valence-corrected chi connectivity index (χ3v) is 5.41. The number of aryl methyl sites for hydroxylation is 1. The minimum Gasteiger partial charge on any atom is -0.484 e. The van der Waals surface area contributed by atoms with Gasteiger partial charge in [-0.1, -0.05) is 60.7 Å². The van der Waals surface area contributed by atoms with Crippen LogP contribution in [0.5, 0.6) is 5.75 Å². The van der Waals surface area contributed by atoms with E-state index in [1.807, 2.05) is 47.4 Å². The van der Waals surface area contributed by atoms with Crippen LogP contribution in [0.2, 0.25) is 0 Å². The van der Waals surface area contributed by atoms with Gasteiger partial charge in [0.2, 0.25) is 0 Å². The average molecular weight is 386 g/mol. The van der Waals surface area contributed by atoms with Gasteiger partial charge in [0.1, 0.15) is 5.75 Å². The first kappa shape index (κ1) is 19.1. The van der Waals surface area contributed by atoms with E-state index in [4.69, 9.17) is 4.74 Å². The first-order valence-corrected chi connectivity index (χ1v) is 10.1. The zero-order valence-corrected chi connectivity index (χ0v) is 16.8. The number of ether oxygens (including phenoxy) is 1. The number of carbonyl (C=O) groups is 1. The second-order valence-electron chi connectivity index (χ2n) is 7.33. The lowest BCUT2D eigenvalue weighted by molar-refractivity contribution is -0.133. The quantitative estimate of drug-likeness (QED) is 0.652. The first-order chi connectivity index (χ1) is 14.2. The van der Waals surface area contributed by atoms with Crippen LogP contribution in [0.25, 0.3) is 11.1 Å². The maximum absolute atomic E-state index is 12.6. The van der Waals surface area contributed by atoms with Gasteiger partial charge < -0.3 is 14.5 Å². The Labute approximate surface area is 172 Å². The predicted molar refractivity (Wildman–Crippen MR) is 117 cm³/mol. The van der Waals surface area contributed by atoms with Crippen LogP contribution in [0.4, 0.5) is 5.69 Å². The number of benzene rings is 3. The van der Waals surface area contributed by atoms with Crippen molar-refractivity contribution >= 4 is 11.6 Å². The molecule has 0 aliphatic carbocycles. The van der Waals surface area contributed by atoms with Crippen molar-refractivity contribution < 1.29 is 9.53 Å². The second kappa shape index (κ2) is 8.82. The van der Waals surface area contributed by atoms with Crippen LogP contribution in [0.3, 0.4) is 0 Å². The fourth-order valence-corrected chi connectivity index (χ4v) is 3.73. The maximum atomic E-state index is 12.6. The molecule has 1 aliphatic rings. The second-order valence-corrected chi connectivity index (χ2v) is 7.33. The molecule has 0 spiro atoms. The molecule has 0 saturated carbocycles. The van der Waals surface area contributed by atoms with Crippen LogP contribution in [-0.2, 0) is 4.79 Å². The highest BCUT2D eigenvalue weighted by atomic mass is 16.5. The number of piperazine rings is 1. The Balaban J connectivity index is 1.28. The van der Waals surface area contributed by atoms with E-state index in [9.17, 15) is 4.79 Å². The summed E-state index contributed by atoms with van der Waals surface area (Å²) in [5, 5.41) is 0. The fourth-order valence-electron chi connectivity index (χ4n) is 3.73. The van der Waals surface area contributed by atoms with Gasteiger partial charge in [0.05, 0.1) is 0 Å². The fraction of sp³-hybridized carbons (Fsp3) is 0.240. The molecule has 1 amide bonds. The summed E-state index contributed by atoms with van der Waals surface area (Å²) < 4.78 is 5.74. The Bertz CT molecular complexity index is 946. The number of carbonyl (C=O) groups excluding carboxylic acids is 1. The summed E-state index contributed by atoms with van der Waals surface area (Å²) in [6, 6.07) is 26.5. The van der Waals surface area contributed by atoms with E-state index in [0.717, 1.165) is 37.5 Å². The van der Waals surface area contributed by atoms with Gasteiger partial charge in [-0.25, -0.2) is 0 Å². The third kappa shape index (κ3) is 4.60. The summed E-state index contributed by atoms with van der Waals surface area (Å²) in [5.74, 6) is 0.762. The van der Waals surface area contributed by atoms with Crippen LogP contribution in [0, 0.1) is 6.92 Å². The van der Waals surface area contributed by atoms with E-state index >= 15 is 0 Å². The van der Waals surface area contributed by atoms with E-state index in [1.54, 1.807) is 0 Å². The molecule has 1 saturated heterocycles. The lowest BCUT2D eigenvalue weighted by atomic mass is 10.1. The van der Waals surface area contributed by atoms with Gasteiger partial charge in [0.15, 0.2) is 6.61 Å². The number of hydrogen-bond donors (Lipinski definition) is 0. The van der Waals surface area contributed by atoms with Crippen LogP contribution in [-0.4, -0.2) is 43.6 Å². The van der Waals surface area contributed by atoms with Crippen molar-refractivity contribution in [3.05, 3.63) is 84.4 Å². The lowest BCUT2D eigenvalue weighted by Gasteiger charge is -2.36. The zero-order chi connectivity index (χ0) is 20.1. The predicted octanol–water partition coefficient (Wildman–Crippen LogP) is 4.39. The lowest BCUT2D eigenvalue weighted by Crippen LogP contribution is -2.50. The molecule has 3 aromatic rings. The molecule has 0 radical (unpaired) electrons. The van der Waals surface area contributed by atoms with Crippen LogP contribution in [0.15, 0.2) is 78.9 Å². The molecule has 0 bridgehead atoms. The normalized spacial score (nSPS) is 14.0. The maximum Gasteiger partial charge on any atom is 0.260 e. The molecule has 0 unspecified atom stereocenters. The minimum atomic E-state index is 0.0431. The Morgan fingerprint density at radius 3 is 2.10 bits per heavy atom. The SMILES string of the molecule is Cc1ccccc1N1CCN(C(=O)COc2ccc(-c3ccccc3)cc2)CC1.